The molecule has 0 saturated heterocycles. The Morgan fingerprint density at radius 1 is 1.44 bits per heavy atom. The summed E-state index contributed by atoms with van der Waals surface area (Å²) in [7, 11) is 0. The maximum Gasteiger partial charge on any atom is 0.0585 e. The van der Waals surface area contributed by atoms with Crippen LogP contribution in [0.3, 0.4) is 0 Å². The summed E-state index contributed by atoms with van der Waals surface area (Å²) in [5.74, 6) is 0.172. The van der Waals surface area contributed by atoms with Crippen LogP contribution in [0.5, 0.6) is 0 Å². The summed E-state index contributed by atoms with van der Waals surface area (Å²) >= 11 is 5.39. The van der Waals surface area contributed by atoms with Crippen molar-refractivity contribution in [3.05, 3.63) is 12.1 Å². The van der Waals surface area contributed by atoms with E-state index >= 15 is 0 Å². The molecule has 0 nitrogen and oxygen atoms in total. The molecule has 0 aliphatic rings. The quantitative estimate of drug-likeness (QED) is 0.319. The van der Waals surface area contributed by atoms with Crippen molar-refractivity contribution in [3.63, 3.8) is 0 Å². The van der Waals surface area contributed by atoms with Crippen molar-refractivity contribution in [1.29, 1.82) is 0 Å². The molecule has 0 aromatic rings. The maximum absolute atomic E-state index is 7.36. The summed E-state index contributed by atoms with van der Waals surface area (Å²) in [6, 6.07) is 0.663. The van der Waals surface area contributed by atoms with Gasteiger partial charge in [0.15, 0.2) is 0 Å². The molecule has 0 N–H and O–H groups in total. The molecule has 0 atom stereocenters. The van der Waals surface area contributed by atoms with Crippen LogP contribution in [0.2, 0.25) is 0 Å². The highest BCUT2D eigenvalue weighted by atomic mass is 35.5. The fraction of sp³-hybridized carbons (Fsp3) is 0.750. The largest absolute Gasteiger partial charge is 0.122 e. The molecule has 0 bridgehead atoms. The smallest absolute Gasteiger partial charge is 0.0585 e. The molecule has 0 rings (SSSR count). The maximum atomic E-state index is 7.36. The van der Waals surface area contributed by atoms with Gasteiger partial charge in [-0.3, -0.25) is 0 Å². The first-order valence-electron chi connectivity index (χ1n) is 4.43. The van der Waals surface area contributed by atoms with Crippen molar-refractivity contribution in [2.75, 3.05) is 5.88 Å². The lowest BCUT2D eigenvalue weighted by Gasteiger charge is -1.89. The molecule has 54 valence electrons. The summed E-state index contributed by atoms with van der Waals surface area (Å²) in [6.07, 6.45) is 4.01. The van der Waals surface area contributed by atoms with Crippen LogP contribution in [-0.4, -0.2) is 5.88 Å². The Labute approximate surface area is 65.7 Å². The standard InChI is InChI=1S/C8H15Cl/c1-2-3-4-5-6-7-8-9/h6-7H,2-5,8H2,1H3/b7-6-/i6D,7D. The predicted molar refractivity (Wildman–Crippen MR) is 44.0 cm³/mol. The molecule has 1 heteroatoms. The summed E-state index contributed by atoms with van der Waals surface area (Å²) in [5, 5.41) is 0. The van der Waals surface area contributed by atoms with Gasteiger partial charge in [-0.05, 0) is 12.8 Å². The second kappa shape index (κ2) is 8.03. The van der Waals surface area contributed by atoms with Crippen molar-refractivity contribution >= 4 is 11.6 Å². The molecule has 0 saturated carbocycles. The first-order valence-corrected chi connectivity index (χ1v) is 3.97. The van der Waals surface area contributed by atoms with Gasteiger partial charge in [0.25, 0.3) is 0 Å². The topological polar surface area (TPSA) is 0 Å². The van der Waals surface area contributed by atoms with Crippen LogP contribution in [0.15, 0.2) is 12.1 Å². The van der Waals surface area contributed by atoms with Crippen molar-refractivity contribution in [1.82, 2.24) is 0 Å². The first kappa shape index (κ1) is 5.79. The van der Waals surface area contributed by atoms with Crippen LogP contribution in [0.1, 0.15) is 35.3 Å². The third kappa shape index (κ3) is 8.03. The van der Waals surface area contributed by atoms with Gasteiger partial charge in [-0.2, -0.15) is 0 Å². The second-order valence-electron chi connectivity index (χ2n) is 1.94. The summed E-state index contributed by atoms with van der Waals surface area (Å²) < 4.78 is 14.6. The van der Waals surface area contributed by atoms with Gasteiger partial charge in [0.2, 0.25) is 0 Å². The van der Waals surface area contributed by atoms with E-state index in [0.29, 0.717) is 12.5 Å². The monoisotopic (exact) mass is 148 g/mol. The Balaban J connectivity index is 3.58. The molecule has 0 heterocycles. The van der Waals surface area contributed by atoms with Crippen molar-refractivity contribution in [3.8, 4) is 0 Å². The van der Waals surface area contributed by atoms with E-state index in [2.05, 4.69) is 6.92 Å². The third-order valence-corrected chi connectivity index (χ3v) is 1.23. The fourth-order valence-electron chi connectivity index (χ4n) is 0.599. The summed E-state index contributed by atoms with van der Waals surface area (Å²) in [4.78, 5) is 0. The van der Waals surface area contributed by atoms with Crippen molar-refractivity contribution < 1.29 is 2.74 Å². The summed E-state index contributed by atoms with van der Waals surface area (Å²) in [5.41, 5.74) is 0. The number of allylic oxidation sites excluding steroid dienone is 2. The molecule has 0 unspecified atom stereocenters. The van der Waals surface area contributed by atoms with Gasteiger partial charge in [-0.25, -0.2) is 0 Å². The number of unbranched alkanes of at least 4 members (excludes halogenated alkanes) is 2. The summed E-state index contributed by atoms with van der Waals surface area (Å²) in [6.45, 7) is 2.12. The Hall–Kier alpha value is 0.0300. The van der Waals surface area contributed by atoms with Crippen LogP contribution in [0.25, 0.3) is 0 Å². The SMILES string of the molecule is [2H]/C(CCl)=C(\[2H])CCCCC. The number of hydrogen-bond donors (Lipinski definition) is 0. The zero-order valence-electron chi connectivity index (χ0n) is 7.91. The number of alkyl halides is 1. The molecule has 9 heavy (non-hydrogen) atoms. The molecule has 0 fully saturated rings. The third-order valence-electron chi connectivity index (χ3n) is 1.10. The lowest BCUT2D eigenvalue weighted by molar-refractivity contribution is 0.729. The van der Waals surface area contributed by atoms with Gasteiger partial charge >= 0.3 is 0 Å². The highest BCUT2D eigenvalue weighted by Crippen LogP contribution is 1.99. The van der Waals surface area contributed by atoms with Crippen LogP contribution in [0, 0.1) is 0 Å². The lowest BCUT2D eigenvalue weighted by Crippen LogP contribution is -1.70. The average Bonchev–Trinajstić information content (AvgIpc) is 2.03. The molecule has 0 aromatic carbocycles. The van der Waals surface area contributed by atoms with E-state index < -0.39 is 0 Å². The number of rotatable bonds is 5. The van der Waals surface area contributed by atoms with E-state index in [4.69, 9.17) is 14.3 Å². The zero-order chi connectivity index (χ0) is 8.69. The molecule has 0 amide bonds. The number of halogens is 1. The minimum atomic E-state index is 0.172. The average molecular weight is 149 g/mol. The van der Waals surface area contributed by atoms with Crippen molar-refractivity contribution in [2.45, 2.75) is 32.6 Å². The highest BCUT2D eigenvalue weighted by Gasteiger charge is 1.79. The Bertz CT molecular complexity index is 132. The van der Waals surface area contributed by atoms with Gasteiger partial charge in [0.1, 0.15) is 0 Å². The first-order chi connectivity index (χ1) is 5.22. The number of hydrogen-bond acceptors (Lipinski definition) is 0. The van der Waals surface area contributed by atoms with Gasteiger partial charge < -0.3 is 0 Å². The van der Waals surface area contributed by atoms with E-state index in [0.717, 1.165) is 19.3 Å². The van der Waals surface area contributed by atoms with Crippen LogP contribution in [-0.2, 0) is 0 Å². The molecule has 0 aliphatic carbocycles. The minimum Gasteiger partial charge on any atom is -0.122 e. The van der Waals surface area contributed by atoms with Gasteiger partial charge in [-0.1, -0.05) is 31.9 Å². The molecule has 0 aromatic heterocycles. The van der Waals surface area contributed by atoms with Gasteiger partial charge in [0, 0.05) is 5.88 Å². The zero-order valence-corrected chi connectivity index (χ0v) is 6.67. The molecular weight excluding hydrogens is 132 g/mol. The van der Waals surface area contributed by atoms with Crippen LogP contribution < -0.4 is 0 Å². The van der Waals surface area contributed by atoms with E-state index in [1.807, 2.05) is 0 Å². The van der Waals surface area contributed by atoms with Crippen molar-refractivity contribution in [2.24, 2.45) is 0 Å². The van der Waals surface area contributed by atoms with E-state index in [-0.39, 0.29) is 11.9 Å². The molecule has 0 spiro atoms. The second-order valence-corrected chi connectivity index (χ2v) is 2.21. The van der Waals surface area contributed by atoms with E-state index in [9.17, 15) is 0 Å². The molecular formula is C8H15Cl. The Morgan fingerprint density at radius 3 is 2.78 bits per heavy atom. The van der Waals surface area contributed by atoms with E-state index in [1.54, 1.807) is 0 Å². The fourth-order valence-corrected chi connectivity index (χ4v) is 0.694. The normalized spacial score (nSPS) is 16.2. The highest BCUT2D eigenvalue weighted by molar-refractivity contribution is 6.18. The van der Waals surface area contributed by atoms with E-state index in [1.165, 1.54) is 0 Å². The molecule has 0 radical (unpaired) electrons. The lowest BCUT2D eigenvalue weighted by atomic mass is 10.2. The van der Waals surface area contributed by atoms with Gasteiger partial charge in [0.05, 0.1) is 2.74 Å². The predicted octanol–water partition coefficient (Wildman–Crippen LogP) is 3.36. The van der Waals surface area contributed by atoms with Gasteiger partial charge in [-0.15, -0.1) is 11.6 Å². The minimum absolute atomic E-state index is 0.172. The molecule has 0 aliphatic heterocycles. The Morgan fingerprint density at radius 2 is 2.22 bits per heavy atom. The van der Waals surface area contributed by atoms with Crippen LogP contribution in [0.4, 0.5) is 0 Å². The van der Waals surface area contributed by atoms with Crippen LogP contribution >= 0.6 is 11.6 Å². The Kier molecular flexibility index (Phi) is 5.16.